The highest BCUT2D eigenvalue weighted by molar-refractivity contribution is 5.80. The largest absolute Gasteiger partial charge is 0.497 e. The van der Waals surface area contributed by atoms with Gasteiger partial charge in [0.2, 0.25) is 0 Å². The molecule has 1 aromatic heterocycles. The molecule has 16 heavy (non-hydrogen) atoms. The minimum Gasteiger partial charge on any atom is -0.497 e. The average Bonchev–Trinajstić information content (AvgIpc) is 2.39. The average molecular weight is 219 g/mol. The van der Waals surface area contributed by atoms with Crippen LogP contribution in [-0.4, -0.2) is 17.2 Å². The van der Waals surface area contributed by atoms with Gasteiger partial charge in [0.25, 0.3) is 0 Å². The molecule has 86 valence electrons. The van der Waals surface area contributed by atoms with Gasteiger partial charge in [0.05, 0.1) is 19.2 Å². The zero-order valence-corrected chi connectivity index (χ0v) is 9.90. The van der Waals surface area contributed by atoms with E-state index in [0.29, 0.717) is 0 Å². The Labute approximate surface area is 95.7 Å². The predicted molar refractivity (Wildman–Crippen MR) is 65.6 cm³/mol. The number of aliphatic hydroxyl groups excluding tert-OH is 1. The first-order chi connectivity index (χ1) is 7.83. The van der Waals surface area contributed by atoms with Gasteiger partial charge in [-0.15, -0.1) is 0 Å². The van der Waals surface area contributed by atoms with Gasteiger partial charge in [-0.2, -0.15) is 0 Å². The number of ether oxygens (including phenoxy) is 1. The molecule has 1 heterocycles. The van der Waals surface area contributed by atoms with Gasteiger partial charge in [-0.05, 0) is 29.8 Å². The van der Waals surface area contributed by atoms with E-state index in [1.807, 2.05) is 38.1 Å². The quantitative estimate of drug-likeness (QED) is 0.844. The van der Waals surface area contributed by atoms with E-state index in [2.05, 4.69) is 4.98 Å². The summed E-state index contributed by atoms with van der Waals surface area (Å²) < 4.78 is 5.11. The van der Waals surface area contributed by atoms with Crippen molar-refractivity contribution in [3.63, 3.8) is 0 Å². The molecule has 1 aromatic carbocycles. The van der Waals surface area contributed by atoms with Gasteiger partial charge in [-0.1, -0.05) is 13.8 Å². The Morgan fingerprint density at radius 3 is 2.62 bits per heavy atom. The number of fused-ring (bicyclic) bond motifs is 1. The van der Waals surface area contributed by atoms with E-state index in [1.54, 1.807) is 13.3 Å². The molecule has 2 aromatic rings. The maximum absolute atomic E-state index is 8.95. The molecule has 0 atom stereocenters. The third kappa shape index (κ3) is 2.70. The molecular weight excluding hydrogens is 202 g/mol. The Morgan fingerprint density at radius 2 is 2.00 bits per heavy atom. The van der Waals surface area contributed by atoms with Crippen molar-refractivity contribution in [1.82, 2.24) is 4.98 Å². The minimum atomic E-state index is 0.0140. The normalized spacial score (nSPS) is 9.50. The smallest absolute Gasteiger partial charge is 0.119 e. The van der Waals surface area contributed by atoms with Crippen LogP contribution < -0.4 is 4.74 Å². The number of benzene rings is 1. The summed E-state index contributed by atoms with van der Waals surface area (Å²) in [5.74, 6) is 0.800. The number of nitrogens with zero attached hydrogens (tertiary/aromatic N) is 1. The summed E-state index contributed by atoms with van der Waals surface area (Å²) in [6.07, 6.45) is 1.68. The number of pyridine rings is 1. The lowest BCUT2D eigenvalue weighted by molar-refractivity contribution is 0.281. The molecule has 0 radical (unpaired) electrons. The van der Waals surface area contributed by atoms with E-state index < -0.39 is 0 Å². The lowest BCUT2D eigenvalue weighted by Crippen LogP contribution is -1.88. The number of aromatic nitrogens is 1. The molecule has 0 bridgehead atoms. The molecule has 3 heteroatoms. The molecular formula is C13H17NO2. The Balaban J connectivity index is 0.000000606. The highest BCUT2D eigenvalue weighted by atomic mass is 16.5. The van der Waals surface area contributed by atoms with Crippen molar-refractivity contribution in [2.24, 2.45) is 0 Å². The molecule has 1 N–H and O–H groups in total. The van der Waals surface area contributed by atoms with E-state index >= 15 is 0 Å². The lowest BCUT2D eigenvalue weighted by atomic mass is 10.1. The van der Waals surface area contributed by atoms with Crippen molar-refractivity contribution in [2.45, 2.75) is 20.5 Å². The van der Waals surface area contributed by atoms with Crippen LogP contribution in [0.25, 0.3) is 10.9 Å². The third-order valence-corrected chi connectivity index (χ3v) is 2.13. The lowest BCUT2D eigenvalue weighted by Gasteiger charge is -2.03. The fourth-order valence-corrected chi connectivity index (χ4v) is 1.37. The molecule has 0 fully saturated rings. The summed E-state index contributed by atoms with van der Waals surface area (Å²) in [7, 11) is 1.63. The van der Waals surface area contributed by atoms with Crippen molar-refractivity contribution in [3.8, 4) is 5.75 Å². The number of hydrogen-bond acceptors (Lipinski definition) is 3. The fraction of sp³-hybridized carbons (Fsp3) is 0.308. The summed E-state index contributed by atoms with van der Waals surface area (Å²) in [6.45, 7) is 4.01. The fourth-order valence-electron chi connectivity index (χ4n) is 1.37. The zero-order chi connectivity index (χ0) is 12.0. The molecule has 0 aliphatic carbocycles. The second-order valence-electron chi connectivity index (χ2n) is 3.06. The maximum Gasteiger partial charge on any atom is 0.119 e. The molecule has 3 nitrogen and oxygen atoms in total. The Kier molecular flexibility index (Phi) is 4.73. The van der Waals surface area contributed by atoms with Crippen LogP contribution in [0.4, 0.5) is 0 Å². The number of methoxy groups -OCH3 is 1. The first-order valence-corrected chi connectivity index (χ1v) is 5.37. The topological polar surface area (TPSA) is 42.4 Å². The standard InChI is InChI=1S/C11H11NO2.C2H6/c1-14-10-2-3-11-9(5-10)4-8(7-13)6-12-11;1-2/h2-6,13H,7H2,1H3;1-2H3. The van der Waals surface area contributed by atoms with Gasteiger partial charge in [0.1, 0.15) is 5.75 Å². The van der Waals surface area contributed by atoms with Crippen LogP contribution >= 0.6 is 0 Å². The van der Waals surface area contributed by atoms with Crippen LogP contribution in [0.2, 0.25) is 0 Å². The second kappa shape index (κ2) is 6.08. The summed E-state index contributed by atoms with van der Waals surface area (Å²) >= 11 is 0. The number of hydrogen-bond donors (Lipinski definition) is 1. The molecule has 2 rings (SSSR count). The second-order valence-corrected chi connectivity index (χ2v) is 3.06. The summed E-state index contributed by atoms with van der Waals surface area (Å²) in [5.41, 5.74) is 1.72. The van der Waals surface area contributed by atoms with E-state index in [4.69, 9.17) is 9.84 Å². The van der Waals surface area contributed by atoms with Crippen LogP contribution in [-0.2, 0) is 6.61 Å². The third-order valence-electron chi connectivity index (χ3n) is 2.13. The van der Waals surface area contributed by atoms with Crippen molar-refractivity contribution >= 4 is 10.9 Å². The van der Waals surface area contributed by atoms with Crippen molar-refractivity contribution in [1.29, 1.82) is 0 Å². The van der Waals surface area contributed by atoms with E-state index in [9.17, 15) is 0 Å². The highest BCUT2D eigenvalue weighted by Gasteiger charge is 1.98. The van der Waals surface area contributed by atoms with Gasteiger partial charge in [-0.25, -0.2) is 0 Å². The van der Waals surface area contributed by atoms with Gasteiger partial charge < -0.3 is 9.84 Å². The molecule has 0 spiro atoms. The van der Waals surface area contributed by atoms with E-state index in [-0.39, 0.29) is 6.61 Å². The molecule has 0 aliphatic rings. The summed E-state index contributed by atoms with van der Waals surface area (Å²) in [5, 5.41) is 9.93. The Bertz CT molecular complexity index is 416. The van der Waals surface area contributed by atoms with E-state index in [0.717, 1.165) is 22.2 Å². The zero-order valence-electron chi connectivity index (χ0n) is 9.90. The molecule has 0 saturated carbocycles. The monoisotopic (exact) mass is 219 g/mol. The van der Waals surface area contributed by atoms with Crippen molar-refractivity contribution in [3.05, 3.63) is 36.0 Å². The Hall–Kier alpha value is -1.61. The minimum absolute atomic E-state index is 0.0140. The molecule has 0 aliphatic heterocycles. The maximum atomic E-state index is 8.95. The van der Waals surface area contributed by atoms with Crippen LogP contribution in [0, 0.1) is 0 Å². The van der Waals surface area contributed by atoms with Crippen LogP contribution in [0.1, 0.15) is 19.4 Å². The van der Waals surface area contributed by atoms with Crippen LogP contribution in [0.15, 0.2) is 30.5 Å². The van der Waals surface area contributed by atoms with Crippen LogP contribution in [0.3, 0.4) is 0 Å². The van der Waals surface area contributed by atoms with Gasteiger partial charge >= 0.3 is 0 Å². The van der Waals surface area contributed by atoms with Crippen molar-refractivity contribution in [2.75, 3.05) is 7.11 Å². The van der Waals surface area contributed by atoms with Gasteiger partial charge in [0, 0.05) is 11.6 Å². The van der Waals surface area contributed by atoms with Crippen molar-refractivity contribution < 1.29 is 9.84 Å². The summed E-state index contributed by atoms with van der Waals surface area (Å²) in [6, 6.07) is 7.58. The number of rotatable bonds is 2. The predicted octanol–water partition coefficient (Wildman–Crippen LogP) is 2.76. The SMILES string of the molecule is CC.COc1ccc2ncc(CO)cc2c1. The molecule has 0 saturated heterocycles. The van der Waals surface area contributed by atoms with Gasteiger partial charge in [0.15, 0.2) is 0 Å². The Morgan fingerprint density at radius 1 is 1.25 bits per heavy atom. The van der Waals surface area contributed by atoms with Crippen LogP contribution in [0.5, 0.6) is 5.75 Å². The molecule has 0 amide bonds. The first kappa shape index (κ1) is 12.5. The number of aliphatic hydroxyl groups is 1. The first-order valence-electron chi connectivity index (χ1n) is 5.37. The summed E-state index contributed by atoms with van der Waals surface area (Å²) in [4.78, 5) is 4.21. The van der Waals surface area contributed by atoms with Gasteiger partial charge in [-0.3, -0.25) is 4.98 Å². The highest BCUT2D eigenvalue weighted by Crippen LogP contribution is 2.19. The van der Waals surface area contributed by atoms with E-state index in [1.165, 1.54) is 0 Å². The molecule has 0 unspecified atom stereocenters.